The molecule has 0 bridgehead atoms. The van der Waals surface area contributed by atoms with E-state index >= 15 is 0 Å². The van der Waals surface area contributed by atoms with Crippen LogP contribution in [0.2, 0.25) is 0 Å². The maximum Gasteiger partial charge on any atom is 0.308 e. The van der Waals surface area contributed by atoms with E-state index in [0.29, 0.717) is 0 Å². The number of ether oxygens (including phenoxy) is 1. The zero-order valence-electron chi connectivity index (χ0n) is 20.1. The molecular weight excluding hydrogens is 440 g/mol. The number of nitrogens with one attached hydrogen (secondary N) is 1. The molecular formula is C29H32N2O4. The van der Waals surface area contributed by atoms with Gasteiger partial charge in [-0.2, -0.15) is 0 Å². The van der Waals surface area contributed by atoms with Crippen LogP contribution >= 0.6 is 0 Å². The summed E-state index contributed by atoms with van der Waals surface area (Å²) in [5.41, 5.74) is 7.64. The average molecular weight is 473 g/mol. The number of nitrogens with two attached hydrogens (primary N) is 1. The smallest absolute Gasteiger partial charge is 0.308 e. The molecule has 0 spiro atoms. The molecule has 0 aliphatic carbocycles. The van der Waals surface area contributed by atoms with E-state index in [9.17, 15) is 14.4 Å². The van der Waals surface area contributed by atoms with Crippen LogP contribution in [0.15, 0.2) is 91.0 Å². The Morgan fingerprint density at radius 2 is 1.26 bits per heavy atom. The lowest BCUT2D eigenvalue weighted by atomic mass is 9.67. The summed E-state index contributed by atoms with van der Waals surface area (Å²) in [4.78, 5) is 37.8. The Hall–Kier alpha value is -3.93. The molecule has 3 N–H and O–H groups in total. The van der Waals surface area contributed by atoms with Crippen LogP contribution in [-0.2, 0) is 24.5 Å². The lowest BCUT2D eigenvalue weighted by molar-refractivity contribution is -0.148. The molecule has 3 aromatic rings. The molecule has 0 aliphatic rings. The second-order valence-corrected chi connectivity index (χ2v) is 8.59. The van der Waals surface area contributed by atoms with Crippen molar-refractivity contribution in [2.24, 2.45) is 11.7 Å². The van der Waals surface area contributed by atoms with Crippen molar-refractivity contribution in [2.75, 3.05) is 6.61 Å². The van der Waals surface area contributed by atoms with Crippen molar-refractivity contribution in [1.82, 2.24) is 5.32 Å². The molecule has 0 saturated heterocycles. The highest BCUT2D eigenvalue weighted by molar-refractivity contribution is 5.88. The van der Waals surface area contributed by atoms with Gasteiger partial charge in [0.1, 0.15) is 6.04 Å². The third-order valence-electron chi connectivity index (χ3n) is 6.18. The van der Waals surface area contributed by atoms with E-state index in [0.717, 1.165) is 16.7 Å². The van der Waals surface area contributed by atoms with E-state index < -0.39 is 29.3 Å². The fourth-order valence-electron chi connectivity index (χ4n) is 4.44. The van der Waals surface area contributed by atoms with Gasteiger partial charge in [0.2, 0.25) is 11.8 Å². The van der Waals surface area contributed by atoms with E-state index in [1.807, 2.05) is 91.0 Å². The normalized spacial score (nSPS) is 12.9. The summed E-state index contributed by atoms with van der Waals surface area (Å²) < 4.78 is 5.04. The second-order valence-electron chi connectivity index (χ2n) is 8.59. The van der Waals surface area contributed by atoms with Crippen LogP contribution in [0.3, 0.4) is 0 Å². The summed E-state index contributed by atoms with van der Waals surface area (Å²) in [5, 5.41) is 2.79. The first kappa shape index (κ1) is 25.7. The van der Waals surface area contributed by atoms with Gasteiger partial charge in [0, 0.05) is 6.42 Å². The number of amides is 2. The van der Waals surface area contributed by atoms with Crippen molar-refractivity contribution < 1.29 is 19.1 Å². The molecule has 0 aliphatic heterocycles. The Kier molecular flexibility index (Phi) is 8.79. The number of carbonyl (C=O) groups excluding carboxylic acids is 3. The molecule has 0 unspecified atom stereocenters. The summed E-state index contributed by atoms with van der Waals surface area (Å²) in [5.74, 6) is -2.06. The number of primary amides is 1. The van der Waals surface area contributed by atoms with Gasteiger partial charge >= 0.3 is 5.97 Å². The molecule has 3 rings (SSSR count). The molecule has 0 radical (unpaired) electrons. The van der Waals surface area contributed by atoms with Crippen molar-refractivity contribution in [1.29, 1.82) is 0 Å². The Morgan fingerprint density at radius 1 is 0.829 bits per heavy atom. The van der Waals surface area contributed by atoms with Gasteiger partial charge in [-0.3, -0.25) is 14.4 Å². The average Bonchev–Trinajstić information content (AvgIpc) is 2.88. The Bertz CT molecular complexity index is 1020. The first-order valence-electron chi connectivity index (χ1n) is 11.8. The molecule has 3 aromatic carbocycles. The van der Waals surface area contributed by atoms with Crippen molar-refractivity contribution in [2.45, 2.75) is 38.1 Å². The maximum absolute atomic E-state index is 13.5. The van der Waals surface area contributed by atoms with Crippen LogP contribution in [0, 0.1) is 5.92 Å². The van der Waals surface area contributed by atoms with Crippen molar-refractivity contribution in [3.8, 4) is 0 Å². The fourth-order valence-corrected chi connectivity index (χ4v) is 4.44. The minimum absolute atomic E-state index is 0.0443. The largest absolute Gasteiger partial charge is 0.466 e. The molecule has 182 valence electrons. The predicted molar refractivity (Wildman–Crippen MR) is 135 cm³/mol. The second kappa shape index (κ2) is 12.0. The van der Waals surface area contributed by atoms with Gasteiger partial charge in [0.25, 0.3) is 0 Å². The molecule has 6 heteroatoms. The first-order valence-corrected chi connectivity index (χ1v) is 11.8. The first-order chi connectivity index (χ1) is 16.9. The van der Waals surface area contributed by atoms with Crippen LogP contribution in [0.25, 0.3) is 0 Å². The molecule has 0 heterocycles. The number of hydrogen-bond acceptors (Lipinski definition) is 4. The van der Waals surface area contributed by atoms with Gasteiger partial charge in [-0.05, 0) is 30.0 Å². The van der Waals surface area contributed by atoms with Gasteiger partial charge in [0.05, 0.1) is 17.9 Å². The summed E-state index contributed by atoms with van der Waals surface area (Å²) in [7, 11) is 0. The van der Waals surface area contributed by atoms with Crippen molar-refractivity contribution >= 4 is 17.8 Å². The third kappa shape index (κ3) is 6.15. The van der Waals surface area contributed by atoms with E-state index in [-0.39, 0.29) is 25.4 Å². The number of benzene rings is 3. The molecule has 2 atom stereocenters. The Morgan fingerprint density at radius 3 is 1.63 bits per heavy atom. The minimum atomic E-state index is -0.998. The summed E-state index contributed by atoms with van der Waals surface area (Å²) in [6, 6.07) is 28.5. The minimum Gasteiger partial charge on any atom is -0.466 e. The van der Waals surface area contributed by atoms with Crippen LogP contribution < -0.4 is 11.1 Å². The van der Waals surface area contributed by atoms with Gasteiger partial charge in [-0.15, -0.1) is 0 Å². The van der Waals surface area contributed by atoms with Crippen LogP contribution in [0.4, 0.5) is 0 Å². The quantitative estimate of drug-likeness (QED) is 0.326. The van der Waals surface area contributed by atoms with Gasteiger partial charge in [-0.1, -0.05) is 97.9 Å². The highest BCUT2D eigenvalue weighted by Crippen LogP contribution is 2.42. The Balaban J connectivity index is 2.00. The highest BCUT2D eigenvalue weighted by Gasteiger charge is 2.39. The van der Waals surface area contributed by atoms with Crippen LogP contribution in [-0.4, -0.2) is 30.4 Å². The number of esters is 1. The maximum atomic E-state index is 13.5. The van der Waals surface area contributed by atoms with E-state index in [1.165, 1.54) is 0 Å². The monoisotopic (exact) mass is 472 g/mol. The van der Waals surface area contributed by atoms with Crippen LogP contribution in [0.5, 0.6) is 0 Å². The van der Waals surface area contributed by atoms with E-state index in [1.54, 1.807) is 13.8 Å². The number of hydrogen-bond donors (Lipinski definition) is 2. The zero-order chi connectivity index (χ0) is 25.3. The third-order valence-corrected chi connectivity index (χ3v) is 6.18. The lowest BCUT2D eigenvalue weighted by Gasteiger charge is -2.36. The van der Waals surface area contributed by atoms with Gasteiger partial charge in [0.15, 0.2) is 0 Å². The van der Waals surface area contributed by atoms with Crippen molar-refractivity contribution in [3.05, 3.63) is 108 Å². The number of carbonyl (C=O) groups is 3. The predicted octanol–water partition coefficient (Wildman–Crippen LogP) is 3.97. The standard InChI is InChI=1S/C29H32N2O4/c1-3-35-28(34)21(2)19-25(27(30)33)31-26(32)20-29(22-13-7-4-8-14-22,23-15-9-5-10-16-23)24-17-11-6-12-18-24/h4-18,21,25H,3,19-20H2,1-2H3,(H2,30,33)(H,31,32)/t21-,25-/m1/s1. The topological polar surface area (TPSA) is 98.5 Å². The molecule has 0 aromatic heterocycles. The molecule has 0 saturated carbocycles. The van der Waals surface area contributed by atoms with Gasteiger partial charge in [-0.25, -0.2) is 0 Å². The summed E-state index contributed by atoms with van der Waals surface area (Å²) in [6.45, 7) is 3.61. The van der Waals surface area contributed by atoms with Crippen LogP contribution in [0.1, 0.15) is 43.4 Å². The SMILES string of the molecule is CCOC(=O)[C@H](C)C[C@@H](NC(=O)CC(c1ccccc1)(c1ccccc1)c1ccccc1)C(N)=O. The summed E-state index contributed by atoms with van der Waals surface area (Å²) >= 11 is 0. The van der Waals surface area contributed by atoms with E-state index in [2.05, 4.69) is 5.32 Å². The van der Waals surface area contributed by atoms with Gasteiger partial charge < -0.3 is 15.8 Å². The Labute approximate surface area is 206 Å². The highest BCUT2D eigenvalue weighted by atomic mass is 16.5. The lowest BCUT2D eigenvalue weighted by Crippen LogP contribution is -2.48. The zero-order valence-corrected chi connectivity index (χ0v) is 20.1. The molecule has 6 nitrogen and oxygen atoms in total. The molecule has 35 heavy (non-hydrogen) atoms. The molecule has 0 fully saturated rings. The molecule has 2 amide bonds. The summed E-state index contributed by atoms with van der Waals surface area (Å²) in [6.07, 6.45) is 0.109. The fraction of sp³-hybridized carbons (Fsp3) is 0.276. The van der Waals surface area contributed by atoms with Crippen molar-refractivity contribution in [3.63, 3.8) is 0 Å². The van der Waals surface area contributed by atoms with E-state index in [4.69, 9.17) is 10.5 Å². The number of rotatable bonds is 11.